The van der Waals surface area contributed by atoms with Gasteiger partial charge in [-0.2, -0.15) is 0 Å². The molecule has 0 N–H and O–H groups in total. The number of rotatable bonds is 3. The normalized spacial score (nSPS) is 18.5. The molecule has 158 valence electrons. The maximum absolute atomic E-state index is 7.15. The van der Waals surface area contributed by atoms with Crippen molar-refractivity contribution in [1.29, 1.82) is 0 Å². The largest absolute Gasteiger partial charge is 0.372 e. The number of benzene rings is 1. The van der Waals surface area contributed by atoms with Crippen LogP contribution in [0.25, 0.3) is 4.85 Å². The van der Waals surface area contributed by atoms with E-state index in [-0.39, 0.29) is 0 Å². The van der Waals surface area contributed by atoms with Gasteiger partial charge in [0.05, 0.1) is 18.0 Å². The standard InChI is InChI=1S/C23H27Cl2N5/c1-15-22(25)27-16(2)23(28-15)30-12-8-18(9-13-30)17-6-10-29(11-7-17)19-4-5-21(26-3)20(24)14-19/h4-5,14,17-18H,6-13H2,1-2H3. The van der Waals surface area contributed by atoms with E-state index in [4.69, 9.17) is 34.8 Å². The molecule has 2 saturated heterocycles. The summed E-state index contributed by atoms with van der Waals surface area (Å²) in [7, 11) is 0. The van der Waals surface area contributed by atoms with Gasteiger partial charge < -0.3 is 9.80 Å². The molecule has 2 aliphatic heterocycles. The summed E-state index contributed by atoms with van der Waals surface area (Å²) in [4.78, 5) is 17.4. The molecule has 0 radical (unpaired) electrons. The minimum absolute atomic E-state index is 0.503. The van der Waals surface area contributed by atoms with Gasteiger partial charge in [-0.15, -0.1) is 0 Å². The molecule has 3 heterocycles. The summed E-state index contributed by atoms with van der Waals surface area (Å²) >= 11 is 12.3. The lowest BCUT2D eigenvalue weighted by Gasteiger charge is -2.41. The molecule has 4 rings (SSSR count). The Hall–Kier alpha value is -2.03. The molecule has 0 amide bonds. The second-order valence-corrected chi connectivity index (χ2v) is 9.17. The number of halogens is 2. The highest BCUT2D eigenvalue weighted by atomic mass is 35.5. The van der Waals surface area contributed by atoms with Gasteiger partial charge in [-0.3, -0.25) is 0 Å². The molecular formula is C23H27Cl2N5. The first-order valence-electron chi connectivity index (χ1n) is 10.6. The molecular weight excluding hydrogens is 417 g/mol. The molecule has 2 aromatic rings. The second-order valence-electron chi connectivity index (χ2n) is 8.41. The Morgan fingerprint density at radius 1 is 0.900 bits per heavy atom. The van der Waals surface area contributed by atoms with Crippen LogP contribution < -0.4 is 9.80 Å². The van der Waals surface area contributed by atoms with Crippen LogP contribution in [-0.2, 0) is 0 Å². The zero-order chi connectivity index (χ0) is 21.3. The van der Waals surface area contributed by atoms with Gasteiger partial charge in [0, 0.05) is 36.9 Å². The van der Waals surface area contributed by atoms with Crippen LogP contribution >= 0.6 is 23.2 Å². The van der Waals surface area contributed by atoms with Gasteiger partial charge in [-0.25, -0.2) is 14.8 Å². The van der Waals surface area contributed by atoms with Crippen LogP contribution in [0.4, 0.5) is 17.2 Å². The van der Waals surface area contributed by atoms with Gasteiger partial charge in [-0.1, -0.05) is 29.3 Å². The molecule has 1 aromatic carbocycles. The number of aromatic nitrogens is 2. The highest BCUT2D eigenvalue weighted by Gasteiger charge is 2.30. The van der Waals surface area contributed by atoms with Crippen LogP contribution in [0.3, 0.4) is 0 Å². The molecule has 5 nitrogen and oxygen atoms in total. The van der Waals surface area contributed by atoms with Crippen molar-refractivity contribution < 1.29 is 0 Å². The van der Waals surface area contributed by atoms with E-state index >= 15 is 0 Å². The van der Waals surface area contributed by atoms with E-state index in [0.29, 0.717) is 15.9 Å². The Kier molecular flexibility index (Phi) is 6.36. The molecule has 0 spiro atoms. The van der Waals surface area contributed by atoms with Crippen molar-refractivity contribution in [2.75, 3.05) is 36.0 Å². The quantitative estimate of drug-likeness (QED) is 0.538. The van der Waals surface area contributed by atoms with E-state index < -0.39 is 0 Å². The van der Waals surface area contributed by atoms with Crippen molar-refractivity contribution in [3.05, 3.63) is 51.2 Å². The summed E-state index contributed by atoms with van der Waals surface area (Å²) in [5.74, 6) is 2.54. The fourth-order valence-corrected chi connectivity index (χ4v) is 5.24. The van der Waals surface area contributed by atoms with Crippen LogP contribution in [0.15, 0.2) is 18.2 Å². The van der Waals surface area contributed by atoms with Gasteiger partial charge in [0.15, 0.2) is 5.15 Å². The van der Waals surface area contributed by atoms with Gasteiger partial charge in [0.1, 0.15) is 5.82 Å². The highest BCUT2D eigenvalue weighted by Crippen LogP contribution is 2.36. The molecule has 0 aliphatic carbocycles. The predicted molar refractivity (Wildman–Crippen MR) is 124 cm³/mol. The Bertz CT molecular complexity index is 955. The van der Waals surface area contributed by atoms with Gasteiger partial charge in [-0.05, 0) is 63.5 Å². The molecule has 30 heavy (non-hydrogen) atoms. The number of aryl methyl sites for hydroxylation is 2. The van der Waals surface area contributed by atoms with Crippen LogP contribution in [0.1, 0.15) is 37.1 Å². The SMILES string of the molecule is [C-]#[N+]c1ccc(N2CCC(C3CCN(c4nc(C)c(Cl)nc4C)CC3)CC2)cc1Cl. The Morgan fingerprint density at radius 3 is 2.07 bits per heavy atom. The maximum Gasteiger partial charge on any atom is 0.205 e. The Balaban J connectivity index is 1.32. The molecule has 0 bridgehead atoms. The highest BCUT2D eigenvalue weighted by molar-refractivity contribution is 6.33. The first kappa shape index (κ1) is 21.2. The van der Waals surface area contributed by atoms with Gasteiger partial charge in [0.2, 0.25) is 5.69 Å². The molecule has 1 aromatic heterocycles. The zero-order valence-electron chi connectivity index (χ0n) is 17.5. The number of hydrogen-bond acceptors (Lipinski definition) is 4. The minimum atomic E-state index is 0.503. The average molecular weight is 444 g/mol. The zero-order valence-corrected chi connectivity index (χ0v) is 19.0. The topological polar surface area (TPSA) is 36.6 Å². The van der Waals surface area contributed by atoms with E-state index in [2.05, 4.69) is 19.6 Å². The third-order valence-corrected chi connectivity index (χ3v) is 7.28. The van der Waals surface area contributed by atoms with E-state index in [1.165, 1.54) is 25.7 Å². The van der Waals surface area contributed by atoms with Crippen LogP contribution in [-0.4, -0.2) is 36.1 Å². The Labute approximate surface area is 188 Å². The fourth-order valence-electron chi connectivity index (χ4n) is 4.86. The van der Waals surface area contributed by atoms with Crippen molar-refractivity contribution in [2.24, 2.45) is 11.8 Å². The summed E-state index contributed by atoms with van der Waals surface area (Å²) in [6, 6.07) is 5.79. The summed E-state index contributed by atoms with van der Waals surface area (Å²) in [6.07, 6.45) is 4.84. The fraction of sp³-hybridized carbons (Fsp3) is 0.522. The van der Waals surface area contributed by atoms with Gasteiger partial charge in [0.25, 0.3) is 0 Å². The Morgan fingerprint density at radius 2 is 1.50 bits per heavy atom. The van der Waals surface area contributed by atoms with Crippen molar-refractivity contribution in [3.8, 4) is 0 Å². The first-order valence-corrected chi connectivity index (χ1v) is 11.4. The third-order valence-electron chi connectivity index (χ3n) is 6.62. The van der Waals surface area contributed by atoms with Crippen molar-refractivity contribution in [3.63, 3.8) is 0 Å². The van der Waals surface area contributed by atoms with E-state index in [9.17, 15) is 0 Å². The third kappa shape index (κ3) is 4.36. The van der Waals surface area contributed by atoms with E-state index in [1.807, 2.05) is 32.0 Å². The minimum Gasteiger partial charge on any atom is -0.372 e. The van der Waals surface area contributed by atoms with E-state index in [1.54, 1.807) is 0 Å². The number of nitrogens with zero attached hydrogens (tertiary/aromatic N) is 5. The number of piperidine rings is 2. The average Bonchev–Trinajstić information content (AvgIpc) is 2.76. The van der Waals surface area contributed by atoms with Gasteiger partial charge >= 0.3 is 0 Å². The lowest BCUT2D eigenvalue weighted by Crippen LogP contribution is -2.41. The molecule has 0 saturated carbocycles. The molecule has 7 heteroatoms. The van der Waals surface area contributed by atoms with E-state index in [0.717, 1.165) is 60.9 Å². The van der Waals surface area contributed by atoms with Crippen molar-refractivity contribution in [2.45, 2.75) is 39.5 Å². The summed E-state index contributed by atoms with van der Waals surface area (Å²) < 4.78 is 0. The monoisotopic (exact) mass is 443 g/mol. The molecule has 2 fully saturated rings. The van der Waals surface area contributed by atoms with Crippen molar-refractivity contribution >= 4 is 40.4 Å². The summed E-state index contributed by atoms with van der Waals surface area (Å²) in [6.45, 7) is 15.2. The first-order chi connectivity index (χ1) is 14.5. The van der Waals surface area contributed by atoms with Crippen molar-refractivity contribution in [1.82, 2.24) is 9.97 Å². The smallest absolute Gasteiger partial charge is 0.205 e. The summed E-state index contributed by atoms with van der Waals surface area (Å²) in [5.41, 5.74) is 3.38. The summed E-state index contributed by atoms with van der Waals surface area (Å²) in [5, 5.41) is 1.05. The molecule has 2 aliphatic rings. The lowest BCUT2D eigenvalue weighted by molar-refractivity contribution is 0.232. The van der Waals surface area contributed by atoms with Crippen LogP contribution in [0, 0.1) is 32.3 Å². The number of hydrogen-bond donors (Lipinski definition) is 0. The maximum atomic E-state index is 7.15. The predicted octanol–water partition coefficient (Wildman–Crippen LogP) is 6.08. The molecule has 0 atom stereocenters. The second kappa shape index (κ2) is 8.99. The van der Waals surface area contributed by atoms with Crippen LogP contribution in [0.2, 0.25) is 10.2 Å². The van der Waals surface area contributed by atoms with Crippen LogP contribution in [0.5, 0.6) is 0 Å². The molecule has 0 unspecified atom stereocenters. The number of anilines is 2. The lowest BCUT2D eigenvalue weighted by atomic mass is 9.78.